The fourth-order valence-corrected chi connectivity index (χ4v) is 2.35. The molecular weight excluding hydrogens is 282 g/mol. The van der Waals surface area contributed by atoms with E-state index in [1.165, 1.54) is 13.1 Å². The molecular formula is C12H7F4NOS. The third kappa shape index (κ3) is 2.81. The molecule has 0 fully saturated rings. The van der Waals surface area contributed by atoms with Gasteiger partial charge < -0.3 is 0 Å². The Bertz CT molecular complexity index is 633. The molecule has 0 radical (unpaired) electrons. The Balaban J connectivity index is 2.58. The molecule has 2 rings (SSSR count). The van der Waals surface area contributed by atoms with E-state index in [0.717, 1.165) is 23.5 Å². The summed E-state index contributed by atoms with van der Waals surface area (Å²) in [6.07, 6.45) is -3.47. The summed E-state index contributed by atoms with van der Waals surface area (Å²) >= 11 is 0.847. The second-order valence-corrected chi connectivity index (χ2v) is 4.80. The molecule has 2 aromatic rings. The van der Waals surface area contributed by atoms with Gasteiger partial charge in [-0.05, 0) is 18.2 Å². The van der Waals surface area contributed by atoms with Crippen molar-refractivity contribution in [2.24, 2.45) is 0 Å². The summed E-state index contributed by atoms with van der Waals surface area (Å²) in [5, 5.41) is 0.0394. The van der Waals surface area contributed by atoms with Gasteiger partial charge in [0.1, 0.15) is 10.8 Å². The van der Waals surface area contributed by atoms with E-state index in [0.29, 0.717) is 6.07 Å². The van der Waals surface area contributed by atoms with Crippen LogP contribution in [-0.4, -0.2) is 10.8 Å². The number of halogens is 4. The van der Waals surface area contributed by atoms with E-state index >= 15 is 0 Å². The van der Waals surface area contributed by atoms with Gasteiger partial charge in [-0.25, -0.2) is 9.37 Å². The van der Waals surface area contributed by atoms with Gasteiger partial charge in [-0.3, -0.25) is 4.79 Å². The number of hydrogen-bond donors (Lipinski definition) is 0. The van der Waals surface area contributed by atoms with Crippen molar-refractivity contribution in [3.05, 3.63) is 40.7 Å². The molecule has 0 unspecified atom stereocenters. The second kappa shape index (κ2) is 4.73. The summed E-state index contributed by atoms with van der Waals surface area (Å²) in [5.74, 6) is -1.25. The summed E-state index contributed by atoms with van der Waals surface area (Å²) in [5.41, 5.74) is -1.33. The van der Waals surface area contributed by atoms with E-state index in [1.54, 1.807) is 0 Å². The summed E-state index contributed by atoms with van der Waals surface area (Å²) < 4.78 is 51.4. The first kappa shape index (κ1) is 13.7. The minimum atomic E-state index is -4.68. The van der Waals surface area contributed by atoms with Gasteiger partial charge in [-0.1, -0.05) is 0 Å². The van der Waals surface area contributed by atoms with Crippen molar-refractivity contribution in [3.8, 4) is 10.6 Å². The average Bonchev–Trinajstić information content (AvgIpc) is 2.77. The van der Waals surface area contributed by atoms with Crippen molar-refractivity contribution in [1.82, 2.24) is 4.98 Å². The molecule has 0 N–H and O–H groups in total. The van der Waals surface area contributed by atoms with E-state index in [2.05, 4.69) is 4.98 Å². The topological polar surface area (TPSA) is 30.0 Å². The van der Waals surface area contributed by atoms with Crippen molar-refractivity contribution in [1.29, 1.82) is 0 Å². The van der Waals surface area contributed by atoms with E-state index in [9.17, 15) is 22.4 Å². The maximum absolute atomic E-state index is 13.0. The zero-order valence-electron chi connectivity index (χ0n) is 9.58. The normalized spacial score (nSPS) is 11.6. The van der Waals surface area contributed by atoms with Gasteiger partial charge in [0.2, 0.25) is 0 Å². The van der Waals surface area contributed by atoms with Crippen LogP contribution in [0.4, 0.5) is 17.6 Å². The minimum absolute atomic E-state index is 0.0394. The van der Waals surface area contributed by atoms with Crippen LogP contribution in [0.5, 0.6) is 0 Å². The number of benzene rings is 1. The highest BCUT2D eigenvalue weighted by Gasteiger charge is 2.34. The molecule has 2 nitrogen and oxygen atoms in total. The fourth-order valence-electron chi connectivity index (χ4n) is 1.50. The highest BCUT2D eigenvalue weighted by molar-refractivity contribution is 7.16. The average molecular weight is 289 g/mol. The Kier molecular flexibility index (Phi) is 3.40. The maximum atomic E-state index is 13.0. The Hall–Kier alpha value is -1.76. The second-order valence-electron chi connectivity index (χ2n) is 3.77. The molecule has 0 saturated carbocycles. The van der Waals surface area contributed by atoms with Crippen molar-refractivity contribution >= 4 is 17.1 Å². The number of alkyl halides is 3. The number of nitrogens with zero attached hydrogens (tertiary/aromatic N) is 1. The number of carbonyl (C=O) groups excluding carboxylic acids is 1. The summed E-state index contributed by atoms with van der Waals surface area (Å²) in [4.78, 5) is 15.2. The van der Waals surface area contributed by atoms with Crippen LogP contribution in [0.3, 0.4) is 0 Å². The van der Waals surface area contributed by atoms with Gasteiger partial charge in [0.25, 0.3) is 0 Å². The molecule has 0 aliphatic carbocycles. The highest BCUT2D eigenvalue weighted by atomic mass is 32.1. The maximum Gasteiger partial charge on any atom is 0.417 e. The molecule has 1 aromatic carbocycles. The molecule has 100 valence electrons. The van der Waals surface area contributed by atoms with E-state index in [1.807, 2.05) is 0 Å². The SMILES string of the molecule is CC(=O)c1cnc(-c2ccc(F)cc2C(F)(F)F)s1. The van der Waals surface area contributed by atoms with Gasteiger partial charge in [-0.2, -0.15) is 13.2 Å². The zero-order chi connectivity index (χ0) is 14.2. The van der Waals surface area contributed by atoms with Crippen molar-refractivity contribution in [2.75, 3.05) is 0 Å². The standard InChI is InChI=1S/C12H7F4NOS/c1-6(18)10-5-17-11(19-10)8-3-2-7(13)4-9(8)12(14,15)16/h2-5H,1H3. The largest absolute Gasteiger partial charge is 0.417 e. The predicted molar refractivity (Wildman–Crippen MR) is 62.5 cm³/mol. The predicted octanol–water partition coefficient (Wildman–Crippen LogP) is 4.17. The Morgan fingerprint density at radius 1 is 1.32 bits per heavy atom. The van der Waals surface area contributed by atoms with Crippen molar-refractivity contribution < 1.29 is 22.4 Å². The molecule has 0 bridgehead atoms. The number of Topliss-reactive ketones (excluding diaryl/α,β-unsaturated/α-hetero) is 1. The quantitative estimate of drug-likeness (QED) is 0.613. The first-order valence-electron chi connectivity index (χ1n) is 5.13. The first-order chi connectivity index (χ1) is 8.79. The van der Waals surface area contributed by atoms with Crippen LogP contribution in [-0.2, 0) is 6.18 Å². The number of rotatable bonds is 2. The molecule has 0 spiro atoms. The third-order valence-electron chi connectivity index (χ3n) is 2.37. The van der Waals surface area contributed by atoms with Crippen molar-refractivity contribution in [3.63, 3.8) is 0 Å². The third-order valence-corrected chi connectivity index (χ3v) is 3.50. The van der Waals surface area contributed by atoms with Crippen LogP contribution >= 0.6 is 11.3 Å². The smallest absolute Gasteiger partial charge is 0.294 e. The lowest BCUT2D eigenvalue weighted by molar-refractivity contribution is -0.137. The lowest BCUT2D eigenvalue weighted by atomic mass is 10.1. The summed E-state index contributed by atoms with van der Waals surface area (Å²) in [6, 6.07) is 2.37. The molecule has 19 heavy (non-hydrogen) atoms. The number of thiazole rings is 1. The minimum Gasteiger partial charge on any atom is -0.294 e. The highest BCUT2D eigenvalue weighted by Crippen LogP contribution is 2.38. The van der Waals surface area contributed by atoms with E-state index in [4.69, 9.17) is 0 Å². The Morgan fingerprint density at radius 2 is 2.00 bits per heavy atom. The Morgan fingerprint density at radius 3 is 2.53 bits per heavy atom. The van der Waals surface area contributed by atoms with Gasteiger partial charge in [0, 0.05) is 18.7 Å². The molecule has 0 aliphatic rings. The van der Waals surface area contributed by atoms with Gasteiger partial charge in [-0.15, -0.1) is 11.3 Å². The van der Waals surface area contributed by atoms with Crippen LogP contribution in [0.2, 0.25) is 0 Å². The molecule has 0 amide bonds. The number of aromatic nitrogens is 1. The lowest BCUT2D eigenvalue weighted by Gasteiger charge is -2.10. The molecule has 0 atom stereocenters. The lowest BCUT2D eigenvalue weighted by Crippen LogP contribution is -2.07. The van der Waals surface area contributed by atoms with Crippen LogP contribution < -0.4 is 0 Å². The molecule has 0 aliphatic heterocycles. The first-order valence-corrected chi connectivity index (χ1v) is 5.94. The van der Waals surface area contributed by atoms with Gasteiger partial charge in [0.15, 0.2) is 5.78 Å². The Labute approximate surface area is 109 Å². The molecule has 1 aromatic heterocycles. The number of carbonyl (C=O) groups is 1. The van der Waals surface area contributed by atoms with E-state index < -0.39 is 17.6 Å². The van der Waals surface area contributed by atoms with Gasteiger partial charge in [0.05, 0.1) is 10.4 Å². The zero-order valence-corrected chi connectivity index (χ0v) is 10.4. The molecule has 7 heteroatoms. The number of hydrogen-bond acceptors (Lipinski definition) is 3. The van der Waals surface area contributed by atoms with Gasteiger partial charge >= 0.3 is 6.18 Å². The van der Waals surface area contributed by atoms with Crippen LogP contribution in [0.15, 0.2) is 24.4 Å². The number of ketones is 1. The molecule has 0 saturated heterocycles. The monoisotopic (exact) mass is 289 g/mol. The van der Waals surface area contributed by atoms with Crippen LogP contribution in [0.25, 0.3) is 10.6 Å². The van der Waals surface area contributed by atoms with E-state index in [-0.39, 0.29) is 21.2 Å². The fraction of sp³-hybridized carbons (Fsp3) is 0.167. The van der Waals surface area contributed by atoms with Crippen molar-refractivity contribution in [2.45, 2.75) is 13.1 Å². The van der Waals surface area contributed by atoms with Crippen LogP contribution in [0.1, 0.15) is 22.2 Å². The summed E-state index contributed by atoms with van der Waals surface area (Å²) in [7, 11) is 0. The van der Waals surface area contributed by atoms with Crippen LogP contribution in [0, 0.1) is 5.82 Å². The molecule has 1 heterocycles. The summed E-state index contributed by atoms with van der Waals surface area (Å²) in [6.45, 7) is 1.30.